The Bertz CT molecular complexity index is 606. The minimum atomic E-state index is -3.69. The van der Waals surface area contributed by atoms with Gasteiger partial charge in [-0.1, -0.05) is 13.0 Å². The molecule has 1 rings (SSSR count). The first-order chi connectivity index (χ1) is 9.49. The first-order valence-corrected chi connectivity index (χ1v) is 7.74. The maximum atomic E-state index is 11.9. The average Bonchev–Trinajstić information content (AvgIpc) is 2.45. The Morgan fingerprint density at radius 3 is 2.75 bits per heavy atom. The lowest BCUT2D eigenvalue weighted by Crippen LogP contribution is -2.31. The highest BCUT2D eigenvalue weighted by atomic mass is 32.2. The van der Waals surface area contributed by atoms with Gasteiger partial charge >= 0.3 is 0 Å². The number of carbonyl (C=O) groups is 1. The van der Waals surface area contributed by atoms with E-state index in [1.54, 1.807) is 0 Å². The second-order valence-corrected chi connectivity index (χ2v) is 5.90. The molecule has 0 aliphatic rings. The van der Waals surface area contributed by atoms with Gasteiger partial charge in [-0.25, -0.2) is 13.1 Å². The molecule has 0 atom stereocenters. The van der Waals surface area contributed by atoms with Crippen LogP contribution in [0.1, 0.15) is 25.3 Å². The molecule has 20 heavy (non-hydrogen) atoms. The molecule has 2 N–H and O–H groups in total. The predicted octanol–water partition coefficient (Wildman–Crippen LogP) is 0.753. The van der Waals surface area contributed by atoms with Crippen LogP contribution >= 0.6 is 0 Å². The number of nitrogens with zero attached hydrogens (tertiary/aromatic N) is 1. The van der Waals surface area contributed by atoms with Crippen molar-refractivity contribution < 1.29 is 13.2 Å². The molecule has 0 saturated heterocycles. The summed E-state index contributed by atoms with van der Waals surface area (Å²) < 4.78 is 26.2. The normalized spacial score (nSPS) is 10.8. The third-order valence-corrected chi connectivity index (χ3v) is 3.95. The number of amides is 1. The van der Waals surface area contributed by atoms with Crippen LogP contribution in [0.25, 0.3) is 0 Å². The summed E-state index contributed by atoms with van der Waals surface area (Å²) in [6.07, 6.45) is 0.912. The molecule has 0 aromatic heterocycles. The van der Waals surface area contributed by atoms with Gasteiger partial charge in [-0.05, 0) is 24.6 Å². The molecule has 0 aliphatic carbocycles. The second-order valence-electron chi connectivity index (χ2n) is 4.14. The maximum absolute atomic E-state index is 11.9. The average molecular weight is 295 g/mol. The molecular weight excluding hydrogens is 278 g/mol. The van der Waals surface area contributed by atoms with Gasteiger partial charge in [0.1, 0.15) is 0 Å². The quantitative estimate of drug-likeness (QED) is 0.775. The minimum absolute atomic E-state index is 0.0190. The van der Waals surface area contributed by atoms with Crippen LogP contribution in [0.4, 0.5) is 0 Å². The Kier molecular flexibility index (Phi) is 6.15. The van der Waals surface area contributed by atoms with Gasteiger partial charge < -0.3 is 5.32 Å². The fraction of sp³-hybridized carbons (Fsp3) is 0.385. The van der Waals surface area contributed by atoms with E-state index in [-0.39, 0.29) is 29.3 Å². The zero-order valence-corrected chi connectivity index (χ0v) is 12.0. The topological polar surface area (TPSA) is 99.1 Å². The fourth-order valence-electron chi connectivity index (χ4n) is 1.47. The highest BCUT2D eigenvalue weighted by Gasteiger charge is 2.14. The van der Waals surface area contributed by atoms with E-state index in [1.807, 2.05) is 13.0 Å². The summed E-state index contributed by atoms with van der Waals surface area (Å²) in [6.45, 7) is 2.54. The van der Waals surface area contributed by atoms with E-state index in [9.17, 15) is 13.2 Å². The van der Waals surface area contributed by atoms with Crippen LogP contribution in [0.5, 0.6) is 0 Å². The molecule has 0 fully saturated rings. The Morgan fingerprint density at radius 2 is 2.10 bits per heavy atom. The Labute approximate surface area is 118 Å². The van der Waals surface area contributed by atoms with Crippen molar-refractivity contribution in [2.24, 2.45) is 0 Å². The van der Waals surface area contributed by atoms with Gasteiger partial charge in [0.25, 0.3) is 0 Å². The van der Waals surface area contributed by atoms with Crippen LogP contribution in [-0.2, 0) is 14.8 Å². The third kappa shape index (κ3) is 4.99. The summed E-state index contributed by atoms with van der Waals surface area (Å²) in [5.41, 5.74) is 0.272. The van der Waals surface area contributed by atoms with Gasteiger partial charge in [-0.2, -0.15) is 5.26 Å². The van der Waals surface area contributed by atoms with Crippen LogP contribution in [0.3, 0.4) is 0 Å². The molecule has 0 spiro atoms. The van der Waals surface area contributed by atoms with E-state index in [2.05, 4.69) is 10.0 Å². The lowest BCUT2D eigenvalue weighted by Gasteiger charge is -2.07. The Morgan fingerprint density at radius 1 is 1.35 bits per heavy atom. The van der Waals surface area contributed by atoms with Gasteiger partial charge in [0.05, 0.1) is 16.5 Å². The summed E-state index contributed by atoms with van der Waals surface area (Å²) >= 11 is 0. The SMILES string of the molecule is CCCNC(=O)CCNS(=O)(=O)c1cccc(C#N)c1. The van der Waals surface area contributed by atoms with E-state index < -0.39 is 10.0 Å². The number of sulfonamides is 1. The van der Waals surface area contributed by atoms with E-state index in [0.29, 0.717) is 6.54 Å². The lowest BCUT2D eigenvalue weighted by molar-refractivity contribution is -0.120. The number of hydrogen-bond acceptors (Lipinski definition) is 4. The van der Waals surface area contributed by atoms with Crippen molar-refractivity contribution in [3.63, 3.8) is 0 Å². The summed E-state index contributed by atoms with van der Waals surface area (Å²) in [5.74, 6) is -0.194. The highest BCUT2D eigenvalue weighted by molar-refractivity contribution is 7.89. The largest absolute Gasteiger partial charge is 0.356 e. The molecule has 0 radical (unpaired) electrons. The zero-order chi connectivity index (χ0) is 15.0. The lowest BCUT2D eigenvalue weighted by atomic mass is 10.2. The minimum Gasteiger partial charge on any atom is -0.356 e. The standard InChI is InChI=1S/C13H17N3O3S/c1-2-7-15-13(17)6-8-16-20(18,19)12-5-3-4-11(9-12)10-14/h3-5,9,16H,2,6-8H2,1H3,(H,15,17). The maximum Gasteiger partial charge on any atom is 0.240 e. The molecule has 0 heterocycles. The smallest absolute Gasteiger partial charge is 0.240 e. The summed E-state index contributed by atoms with van der Waals surface area (Å²) in [5, 5.41) is 11.4. The third-order valence-electron chi connectivity index (χ3n) is 2.49. The van der Waals surface area contributed by atoms with E-state index in [1.165, 1.54) is 24.3 Å². The van der Waals surface area contributed by atoms with E-state index in [4.69, 9.17) is 5.26 Å². The van der Waals surface area contributed by atoms with Crippen molar-refractivity contribution in [3.8, 4) is 6.07 Å². The number of carbonyl (C=O) groups excluding carboxylic acids is 1. The number of hydrogen-bond donors (Lipinski definition) is 2. The highest BCUT2D eigenvalue weighted by Crippen LogP contribution is 2.10. The summed E-state index contributed by atoms with van der Waals surface area (Å²) in [6, 6.07) is 7.60. The molecule has 0 unspecified atom stereocenters. The molecule has 108 valence electrons. The van der Waals surface area contributed by atoms with Crippen LogP contribution in [0, 0.1) is 11.3 Å². The number of nitrogens with one attached hydrogen (secondary N) is 2. The molecule has 1 amide bonds. The monoisotopic (exact) mass is 295 g/mol. The first-order valence-electron chi connectivity index (χ1n) is 6.26. The Balaban J connectivity index is 2.58. The van der Waals surface area contributed by atoms with Gasteiger partial charge in [0.2, 0.25) is 15.9 Å². The zero-order valence-electron chi connectivity index (χ0n) is 11.2. The number of rotatable bonds is 7. The molecule has 0 aliphatic heterocycles. The van der Waals surface area contributed by atoms with Gasteiger partial charge in [-0.15, -0.1) is 0 Å². The van der Waals surface area contributed by atoms with Gasteiger partial charge in [0, 0.05) is 19.5 Å². The van der Waals surface area contributed by atoms with Crippen LogP contribution in [0.2, 0.25) is 0 Å². The van der Waals surface area contributed by atoms with E-state index in [0.717, 1.165) is 6.42 Å². The van der Waals surface area contributed by atoms with Crippen molar-refractivity contribution in [2.45, 2.75) is 24.7 Å². The summed E-state index contributed by atoms with van der Waals surface area (Å²) in [4.78, 5) is 11.4. The Hall–Kier alpha value is -1.91. The number of benzene rings is 1. The summed E-state index contributed by atoms with van der Waals surface area (Å²) in [7, 11) is -3.69. The molecular formula is C13H17N3O3S. The molecule has 0 bridgehead atoms. The molecule has 1 aromatic rings. The molecule has 0 saturated carbocycles. The molecule has 7 heteroatoms. The molecule has 1 aromatic carbocycles. The van der Waals surface area contributed by atoms with Gasteiger partial charge in [0.15, 0.2) is 0 Å². The van der Waals surface area contributed by atoms with Crippen LogP contribution < -0.4 is 10.0 Å². The number of nitriles is 1. The van der Waals surface area contributed by atoms with Crippen LogP contribution in [-0.4, -0.2) is 27.4 Å². The van der Waals surface area contributed by atoms with Crippen molar-refractivity contribution in [3.05, 3.63) is 29.8 Å². The van der Waals surface area contributed by atoms with Crippen molar-refractivity contribution in [1.82, 2.24) is 10.0 Å². The fourth-order valence-corrected chi connectivity index (χ4v) is 2.55. The van der Waals surface area contributed by atoms with Gasteiger partial charge in [-0.3, -0.25) is 4.79 Å². The van der Waals surface area contributed by atoms with Crippen molar-refractivity contribution >= 4 is 15.9 Å². The van der Waals surface area contributed by atoms with Crippen LogP contribution in [0.15, 0.2) is 29.2 Å². The predicted molar refractivity (Wildman–Crippen MR) is 74.3 cm³/mol. The van der Waals surface area contributed by atoms with Crippen molar-refractivity contribution in [1.29, 1.82) is 5.26 Å². The van der Waals surface area contributed by atoms with E-state index >= 15 is 0 Å². The first kappa shape index (κ1) is 16.1. The van der Waals surface area contributed by atoms with Crippen molar-refractivity contribution in [2.75, 3.05) is 13.1 Å². The second kappa shape index (κ2) is 7.62. The molecule has 6 nitrogen and oxygen atoms in total.